The SMILES string of the molecule is COC(=O)c1ncc(C)cc1[N+](=O)[O-]. The smallest absolute Gasteiger partial charge is 0.363 e. The second-order valence-corrected chi connectivity index (χ2v) is 2.63. The molecular weight excluding hydrogens is 188 g/mol. The molecule has 0 radical (unpaired) electrons. The summed E-state index contributed by atoms with van der Waals surface area (Å²) in [6.07, 6.45) is 1.37. The Bertz CT molecular complexity index is 389. The highest BCUT2D eigenvalue weighted by Gasteiger charge is 2.22. The van der Waals surface area contributed by atoms with Crippen molar-refractivity contribution in [3.63, 3.8) is 0 Å². The van der Waals surface area contributed by atoms with Crippen LogP contribution in [0.5, 0.6) is 0 Å². The van der Waals surface area contributed by atoms with Crippen molar-refractivity contribution in [1.29, 1.82) is 0 Å². The molecule has 1 rings (SSSR count). The third-order valence-corrected chi connectivity index (χ3v) is 1.58. The van der Waals surface area contributed by atoms with Gasteiger partial charge in [0.1, 0.15) is 0 Å². The van der Waals surface area contributed by atoms with Gasteiger partial charge in [-0.1, -0.05) is 0 Å². The van der Waals surface area contributed by atoms with E-state index in [1.165, 1.54) is 12.3 Å². The van der Waals surface area contributed by atoms with Crippen LogP contribution in [0, 0.1) is 17.0 Å². The summed E-state index contributed by atoms with van der Waals surface area (Å²) in [7, 11) is 1.15. The van der Waals surface area contributed by atoms with E-state index < -0.39 is 10.9 Å². The number of hydrogen-bond donors (Lipinski definition) is 0. The van der Waals surface area contributed by atoms with Crippen LogP contribution in [0.3, 0.4) is 0 Å². The number of rotatable bonds is 2. The summed E-state index contributed by atoms with van der Waals surface area (Å²) in [5.74, 6) is -0.809. The molecule has 14 heavy (non-hydrogen) atoms. The number of methoxy groups -OCH3 is 1. The molecule has 0 fully saturated rings. The topological polar surface area (TPSA) is 82.3 Å². The van der Waals surface area contributed by atoms with Gasteiger partial charge in [0.15, 0.2) is 0 Å². The van der Waals surface area contributed by atoms with Crippen molar-refractivity contribution < 1.29 is 14.5 Å². The number of carbonyl (C=O) groups is 1. The predicted octanol–water partition coefficient (Wildman–Crippen LogP) is 1.08. The van der Waals surface area contributed by atoms with Gasteiger partial charge in [-0.25, -0.2) is 9.78 Å². The first-order valence-electron chi connectivity index (χ1n) is 3.75. The average Bonchev–Trinajstić information content (AvgIpc) is 2.16. The number of aromatic nitrogens is 1. The van der Waals surface area contributed by atoms with Crippen molar-refractivity contribution in [1.82, 2.24) is 4.98 Å². The molecule has 0 amide bonds. The van der Waals surface area contributed by atoms with E-state index in [1.807, 2.05) is 0 Å². The van der Waals surface area contributed by atoms with Gasteiger partial charge < -0.3 is 4.74 Å². The van der Waals surface area contributed by atoms with Crippen molar-refractivity contribution >= 4 is 11.7 Å². The molecule has 74 valence electrons. The number of hydrogen-bond acceptors (Lipinski definition) is 5. The fraction of sp³-hybridized carbons (Fsp3) is 0.250. The minimum absolute atomic E-state index is 0.275. The molecule has 0 spiro atoms. The highest BCUT2D eigenvalue weighted by Crippen LogP contribution is 2.17. The molecule has 1 aromatic rings. The van der Waals surface area contributed by atoms with Crippen LogP contribution < -0.4 is 0 Å². The zero-order valence-corrected chi connectivity index (χ0v) is 7.68. The van der Waals surface area contributed by atoms with Crippen LogP contribution in [0.2, 0.25) is 0 Å². The molecule has 0 aliphatic heterocycles. The molecule has 6 heteroatoms. The van der Waals surface area contributed by atoms with Gasteiger partial charge in [0.25, 0.3) is 0 Å². The molecule has 0 N–H and O–H groups in total. The third-order valence-electron chi connectivity index (χ3n) is 1.58. The van der Waals surface area contributed by atoms with E-state index >= 15 is 0 Å². The van der Waals surface area contributed by atoms with E-state index in [0.29, 0.717) is 5.56 Å². The first-order valence-corrected chi connectivity index (χ1v) is 3.75. The minimum atomic E-state index is -0.809. The number of aryl methyl sites for hydroxylation is 1. The molecule has 6 nitrogen and oxygen atoms in total. The lowest BCUT2D eigenvalue weighted by molar-refractivity contribution is -0.385. The lowest BCUT2D eigenvalue weighted by atomic mass is 10.2. The maximum atomic E-state index is 11.1. The van der Waals surface area contributed by atoms with E-state index in [9.17, 15) is 14.9 Å². The predicted molar refractivity (Wildman–Crippen MR) is 47.0 cm³/mol. The Morgan fingerprint density at radius 2 is 2.29 bits per heavy atom. The number of nitrogens with zero attached hydrogens (tertiary/aromatic N) is 2. The zero-order valence-electron chi connectivity index (χ0n) is 7.68. The van der Waals surface area contributed by atoms with Crippen LogP contribution in [-0.4, -0.2) is 23.0 Å². The molecule has 0 saturated carbocycles. The first kappa shape index (κ1) is 10.1. The number of pyridine rings is 1. The fourth-order valence-electron chi connectivity index (χ4n) is 0.947. The van der Waals surface area contributed by atoms with E-state index in [1.54, 1.807) is 6.92 Å². The van der Waals surface area contributed by atoms with Crippen LogP contribution in [0.4, 0.5) is 5.69 Å². The number of ether oxygens (including phenoxy) is 1. The van der Waals surface area contributed by atoms with Crippen LogP contribution in [0.1, 0.15) is 16.1 Å². The Morgan fingerprint density at radius 1 is 1.64 bits per heavy atom. The third kappa shape index (κ3) is 1.85. The fourth-order valence-corrected chi connectivity index (χ4v) is 0.947. The van der Waals surface area contributed by atoms with Gasteiger partial charge in [-0.3, -0.25) is 10.1 Å². The summed E-state index contributed by atoms with van der Waals surface area (Å²) in [6.45, 7) is 1.65. The van der Waals surface area contributed by atoms with Gasteiger partial charge in [-0.05, 0) is 12.5 Å². The summed E-state index contributed by atoms with van der Waals surface area (Å²) < 4.78 is 4.36. The number of nitro groups is 1. The molecule has 0 saturated heterocycles. The normalized spacial score (nSPS) is 9.57. The van der Waals surface area contributed by atoms with Gasteiger partial charge in [0, 0.05) is 12.3 Å². The van der Waals surface area contributed by atoms with E-state index in [2.05, 4.69) is 9.72 Å². The molecule has 0 aliphatic rings. The Morgan fingerprint density at radius 3 is 2.79 bits per heavy atom. The van der Waals surface area contributed by atoms with E-state index in [4.69, 9.17) is 0 Å². The summed E-state index contributed by atoms with van der Waals surface area (Å²) in [4.78, 5) is 24.6. The van der Waals surface area contributed by atoms with Crippen LogP contribution >= 0.6 is 0 Å². The zero-order chi connectivity index (χ0) is 10.7. The highest BCUT2D eigenvalue weighted by molar-refractivity contribution is 5.91. The Balaban J connectivity index is 3.28. The van der Waals surface area contributed by atoms with Crippen molar-refractivity contribution in [2.24, 2.45) is 0 Å². The largest absolute Gasteiger partial charge is 0.464 e. The minimum Gasteiger partial charge on any atom is -0.464 e. The lowest BCUT2D eigenvalue weighted by Gasteiger charge is -2.00. The Kier molecular flexibility index (Phi) is 2.76. The average molecular weight is 196 g/mol. The molecule has 0 aromatic carbocycles. The molecule has 0 aliphatic carbocycles. The van der Waals surface area contributed by atoms with Crippen LogP contribution in [0.15, 0.2) is 12.3 Å². The molecule has 0 unspecified atom stereocenters. The molecule has 1 heterocycles. The molecular formula is C8H8N2O4. The summed E-state index contributed by atoms with van der Waals surface area (Å²) >= 11 is 0. The first-order chi connectivity index (χ1) is 6.56. The molecule has 1 aromatic heterocycles. The monoisotopic (exact) mass is 196 g/mol. The lowest BCUT2D eigenvalue weighted by Crippen LogP contribution is -2.08. The number of carbonyl (C=O) groups excluding carboxylic acids is 1. The number of esters is 1. The maximum Gasteiger partial charge on any atom is 0.363 e. The molecule has 0 bridgehead atoms. The van der Waals surface area contributed by atoms with Gasteiger partial charge in [-0.2, -0.15) is 0 Å². The second-order valence-electron chi connectivity index (χ2n) is 2.63. The molecule has 0 atom stereocenters. The highest BCUT2D eigenvalue weighted by atomic mass is 16.6. The van der Waals surface area contributed by atoms with Gasteiger partial charge in [0.05, 0.1) is 12.0 Å². The summed E-state index contributed by atoms with van der Waals surface area (Å²) in [5.41, 5.74) is 0.00398. The van der Waals surface area contributed by atoms with Gasteiger partial charge >= 0.3 is 11.7 Å². The summed E-state index contributed by atoms with van der Waals surface area (Å²) in [5, 5.41) is 10.6. The van der Waals surface area contributed by atoms with Gasteiger partial charge in [-0.15, -0.1) is 0 Å². The standard InChI is InChI=1S/C8H8N2O4/c1-5-3-6(10(12)13)7(9-4-5)8(11)14-2/h3-4H,1-2H3. The Labute approximate surface area is 79.7 Å². The van der Waals surface area contributed by atoms with Crippen molar-refractivity contribution in [3.05, 3.63) is 33.6 Å². The second kappa shape index (κ2) is 3.82. The quantitative estimate of drug-likeness (QED) is 0.401. The van der Waals surface area contributed by atoms with Crippen molar-refractivity contribution in [2.75, 3.05) is 7.11 Å². The van der Waals surface area contributed by atoms with Crippen molar-refractivity contribution in [2.45, 2.75) is 6.92 Å². The van der Waals surface area contributed by atoms with Crippen molar-refractivity contribution in [3.8, 4) is 0 Å². The van der Waals surface area contributed by atoms with E-state index in [0.717, 1.165) is 7.11 Å². The van der Waals surface area contributed by atoms with Crippen LogP contribution in [0.25, 0.3) is 0 Å². The maximum absolute atomic E-state index is 11.1. The van der Waals surface area contributed by atoms with Gasteiger partial charge in [0.2, 0.25) is 5.69 Å². The van der Waals surface area contributed by atoms with E-state index in [-0.39, 0.29) is 11.4 Å². The van der Waals surface area contributed by atoms with Crippen LogP contribution in [-0.2, 0) is 4.74 Å². The summed E-state index contributed by atoms with van der Waals surface area (Å²) in [6, 6.07) is 1.28. The Hall–Kier alpha value is -1.98.